The fourth-order valence-electron chi connectivity index (χ4n) is 2.29. The third-order valence-electron chi connectivity index (χ3n) is 3.40. The molecule has 1 aliphatic heterocycles. The van der Waals surface area contributed by atoms with Crippen molar-refractivity contribution in [3.63, 3.8) is 0 Å². The predicted molar refractivity (Wildman–Crippen MR) is 75.8 cm³/mol. The van der Waals surface area contributed by atoms with Crippen LogP contribution in [-0.4, -0.2) is 25.6 Å². The van der Waals surface area contributed by atoms with Gasteiger partial charge in [-0.05, 0) is 5.56 Å². The minimum Gasteiger partial charge on any atom is -0.376 e. The largest absolute Gasteiger partial charge is 0.376 e. The molecule has 0 saturated carbocycles. The van der Waals surface area contributed by atoms with Crippen LogP contribution in [-0.2, 0) is 9.47 Å². The highest BCUT2D eigenvalue weighted by molar-refractivity contribution is 6.08. The lowest BCUT2D eigenvalue weighted by Gasteiger charge is -2.23. The Bertz CT molecular complexity index is 569. The normalized spacial score (nSPS) is 18.7. The number of carbonyl (C=O) groups is 1. The summed E-state index contributed by atoms with van der Waals surface area (Å²) >= 11 is 0. The molecule has 0 amide bonds. The number of hydrogen-bond acceptors (Lipinski definition) is 3. The summed E-state index contributed by atoms with van der Waals surface area (Å²) in [7, 11) is 0. The van der Waals surface area contributed by atoms with E-state index < -0.39 is 0 Å². The van der Waals surface area contributed by atoms with Gasteiger partial charge in [0.05, 0.1) is 19.8 Å². The molecule has 1 saturated heterocycles. The van der Waals surface area contributed by atoms with Crippen LogP contribution in [0.15, 0.2) is 54.6 Å². The zero-order valence-corrected chi connectivity index (χ0v) is 11.1. The first-order valence-corrected chi connectivity index (χ1v) is 6.73. The van der Waals surface area contributed by atoms with E-state index in [0.717, 1.165) is 5.56 Å². The van der Waals surface area contributed by atoms with Gasteiger partial charge < -0.3 is 9.47 Å². The average Bonchev–Trinajstić information content (AvgIpc) is 2.56. The van der Waals surface area contributed by atoms with E-state index in [2.05, 4.69) is 0 Å². The van der Waals surface area contributed by atoms with E-state index in [4.69, 9.17) is 9.47 Å². The molecule has 1 atom stereocenters. The van der Waals surface area contributed by atoms with Gasteiger partial charge in [0.1, 0.15) is 6.10 Å². The van der Waals surface area contributed by atoms with E-state index in [9.17, 15) is 4.79 Å². The first-order valence-electron chi connectivity index (χ1n) is 6.73. The van der Waals surface area contributed by atoms with Gasteiger partial charge in [0.15, 0.2) is 5.78 Å². The third kappa shape index (κ3) is 2.79. The molecule has 3 nitrogen and oxygen atoms in total. The Morgan fingerprint density at radius 3 is 2.25 bits per heavy atom. The van der Waals surface area contributed by atoms with E-state index in [0.29, 0.717) is 30.9 Å². The molecule has 0 radical (unpaired) electrons. The van der Waals surface area contributed by atoms with Gasteiger partial charge in [-0.1, -0.05) is 54.6 Å². The molecule has 0 spiro atoms. The van der Waals surface area contributed by atoms with Gasteiger partial charge in [0.2, 0.25) is 0 Å². The molecule has 0 aliphatic carbocycles. The quantitative estimate of drug-likeness (QED) is 0.803. The minimum atomic E-state index is -0.0235. The maximum absolute atomic E-state index is 12.3. The first kappa shape index (κ1) is 13.0. The van der Waals surface area contributed by atoms with Crippen molar-refractivity contribution in [1.29, 1.82) is 0 Å². The maximum Gasteiger partial charge on any atom is 0.193 e. The number of hydrogen-bond donors (Lipinski definition) is 0. The Balaban J connectivity index is 1.77. The smallest absolute Gasteiger partial charge is 0.193 e. The summed E-state index contributed by atoms with van der Waals surface area (Å²) in [6.07, 6.45) is -0.0235. The second-order valence-corrected chi connectivity index (χ2v) is 4.75. The zero-order valence-electron chi connectivity index (χ0n) is 11.1. The van der Waals surface area contributed by atoms with Crippen molar-refractivity contribution in [2.75, 3.05) is 19.8 Å². The average molecular weight is 268 g/mol. The molecule has 0 aromatic heterocycles. The molecule has 2 aromatic carbocycles. The van der Waals surface area contributed by atoms with E-state index in [-0.39, 0.29) is 11.9 Å². The van der Waals surface area contributed by atoms with Crippen LogP contribution in [0.1, 0.15) is 27.6 Å². The second kappa shape index (κ2) is 5.99. The van der Waals surface area contributed by atoms with E-state index in [1.165, 1.54) is 0 Å². The van der Waals surface area contributed by atoms with Crippen LogP contribution < -0.4 is 0 Å². The fourth-order valence-corrected chi connectivity index (χ4v) is 2.29. The number of ketones is 1. The number of carbonyl (C=O) groups excluding carboxylic acids is 1. The van der Waals surface area contributed by atoms with Crippen molar-refractivity contribution in [2.45, 2.75) is 6.10 Å². The molecule has 0 unspecified atom stereocenters. The molecular weight excluding hydrogens is 252 g/mol. The summed E-state index contributed by atoms with van der Waals surface area (Å²) in [5, 5.41) is 0. The predicted octanol–water partition coefficient (Wildman–Crippen LogP) is 3.01. The maximum atomic E-state index is 12.3. The topological polar surface area (TPSA) is 35.5 Å². The Hall–Kier alpha value is -1.97. The summed E-state index contributed by atoms with van der Waals surface area (Å²) in [5.41, 5.74) is 2.45. The Labute approximate surface area is 118 Å². The van der Waals surface area contributed by atoms with E-state index in [1.807, 2.05) is 54.6 Å². The van der Waals surface area contributed by atoms with Crippen molar-refractivity contribution in [2.24, 2.45) is 0 Å². The second-order valence-electron chi connectivity index (χ2n) is 4.75. The molecule has 102 valence electrons. The van der Waals surface area contributed by atoms with Crippen molar-refractivity contribution in [1.82, 2.24) is 0 Å². The molecule has 1 aliphatic rings. The summed E-state index contributed by atoms with van der Waals surface area (Å²) in [6.45, 7) is 1.85. The SMILES string of the molecule is O=C(c1ccccc1)c1ccc([C@@H]2COCCO2)cc1. The van der Waals surface area contributed by atoms with Crippen LogP contribution in [0.25, 0.3) is 0 Å². The highest BCUT2D eigenvalue weighted by Crippen LogP contribution is 2.21. The summed E-state index contributed by atoms with van der Waals surface area (Å²) in [4.78, 5) is 12.3. The van der Waals surface area contributed by atoms with Crippen LogP contribution in [0.4, 0.5) is 0 Å². The lowest BCUT2D eigenvalue weighted by molar-refractivity contribution is -0.0901. The van der Waals surface area contributed by atoms with E-state index in [1.54, 1.807) is 0 Å². The standard InChI is InChI=1S/C17H16O3/c18-17(14-4-2-1-3-5-14)15-8-6-13(7-9-15)16-12-19-10-11-20-16/h1-9,16H,10-12H2/t16-/m0/s1. The highest BCUT2D eigenvalue weighted by Gasteiger charge is 2.17. The van der Waals surface area contributed by atoms with Crippen LogP contribution in [0, 0.1) is 0 Å². The molecule has 3 heteroatoms. The van der Waals surface area contributed by atoms with Gasteiger partial charge in [-0.15, -0.1) is 0 Å². The van der Waals surface area contributed by atoms with Crippen LogP contribution >= 0.6 is 0 Å². The van der Waals surface area contributed by atoms with E-state index >= 15 is 0 Å². The van der Waals surface area contributed by atoms with Gasteiger partial charge in [-0.2, -0.15) is 0 Å². The van der Waals surface area contributed by atoms with Crippen molar-refractivity contribution in [3.05, 3.63) is 71.3 Å². The van der Waals surface area contributed by atoms with Crippen molar-refractivity contribution in [3.8, 4) is 0 Å². The van der Waals surface area contributed by atoms with Crippen LogP contribution in [0.3, 0.4) is 0 Å². The molecule has 20 heavy (non-hydrogen) atoms. The molecule has 3 rings (SSSR count). The monoisotopic (exact) mass is 268 g/mol. The van der Waals surface area contributed by atoms with Gasteiger partial charge in [-0.25, -0.2) is 0 Å². The molecule has 1 fully saturated rings. The van der Waals surface area contributed by atoms with Crippen LogP contribution in [0.5, 0.6) is 0 Å². The summed E-state index contributed by atoms with van der Waals surface area (Å²) < 4.78 is 11.0. The highest BCUT2D eigenvalue weighted by atomic mass is 16.6. The third-order valence-corrected chi connectivity index (χ3v) is 3.40. The van der Waals surface area contributed by atoms with Crippen molar-refractivity contribution >= 4 is 5.78 Å². The zero-order chi connectivity index (χ0) is 13.8. The Morgan fingerprint density at radius 2 is 1.60 bits per heavy atom. The lowest BCUT2D eigenvalue weighted by atomic mass is 10.0. The summed E-state index contributed by atoms with van der Waals surface area (Å²) in [6, 6.07) is 16.9. The molecule has 2 aromatic rings. The van der Waals surface area contributed by atoms with Gasteiger partial charge in [-0.3, -0.25) is 4.79 Å². The number of benzene rings is 2. The van der Waals surface area contributed by atoms with Crippen molar-refractivity contribution < 1.29 is 14.3 Å². The summed E-state index contributed by atoms with van der Waals surface area (Å²) in [5.74, 6) is 0.0398. The minimum absolute atomic E-state index is 0.0235. The fraction of sp³-hybridized carbons (Fsp3) is 0.235. The van der Waals surface area contributed by atoms with Crippen LogP contribution in [0.2, 0.25) is 0 Å². The molecule has 0 N–H and O–H groups in total. The van der Waals surface area contributed by atoms with Gasteiger partial charge in [0.25, 0.3) is 0 Å². The molecule has 1 heterocycles. The Kier molecular flexibility index (Phi) is 3.90. The number of ether oxygens (including phenoxy) is 2. The molecular formula is C17H16O3. The van der Waals surface area contributed by atoms with Gasteiger partial charge >= 0.3 is 0 Å². The Morgan fingerprint density at radius 1 is 0.900 bits per heavy atom. The van der Waals surface area contributed by atoms with Gasteiger partial charge in [0, 0.05) is 11.1 Å². The lowest BCUT2D eigenvalue weighted by Crippen LogP contribution is -2.21. The number of rotatable bonds is 3. The first-order chi connectivity index (χ1) is 9.84. The molecule has 0 bridgehead atoms.